The van der Waals surface area contributed by atoms with Gasteiger partial charge in [0, 0.05) is 0 Å². The van der Waals surface area contributed by atoms with Gasteiger partial charge in [-0.2, -0.15) is 0 Å². The van der Waals surface area contributed by atoms with Gasteiger partial charge in [-0.15, -0.1) is 0 Å². The van der Waals surface area contributed by atoms with Crippen molar-refractivity contribution >= 4 is 0 Å². The van der Waals surface area contributed by atoms with E-state index in [1.54, 1.807) is 33.4 Å². The van der Waals surface area contributed by atoms with Crippen LogP contribution < -0.4 is 0 Å². The predicted octanol–water partition coefficient (Wildman–Crippen LogP) is 8.27. The van der Waals surface area contributed by atoms with Crippen LogP contribution in [0.3, 0.4) is 0 Å². The Morgan fingerprint density at radius 1 is 0.423 bits per heavy atom. The van der Waals surface area contributed by atoms with E-state index in [0.717, 1.165) is 0 Å². The van der Waals surface area contributed by atoms with Crippen LogP contribution in [0, 0.1) is 13.8 Å². The molecule has 0 unspecified atom stereocenters. The molecule has 0 amide bonds. The van der Waals surface area contributed by atoms with E-state index in [0.29, 0.717) is 0 Å². The van der Waals surface area contributed by atoms with Gasteiger partial charge in [0.15, 0.2) is 0 Å². The smallest absolute Gasteiger partial charge is 0.0114 e. The summed E-state index contributed by atoms with van der Waals surface area (Å²) in [5.74, 6) is 0. The van der Waals surface area contributed by atoms with Crippen molar-refractivity contribution in [1.29, 1.82) is 0 Å². The Labute approximate surface area is 164 Å². The Morgan fingerprint density at radius 3 is 0.808 bits per heavy atom. The Hall–Kier alpha value is -1.56. The minimum absolute atomic E-state index is 1.22. The van der Waals surface area contributed by atoms with Crippen LogP contribution in [0.2, 0.25) is 0 Å². The lowest BCUT2D eigenvalue weighted by molar-refractivity contribution is 0.871. The molecule has 26 heavy (non-hydrogen) atoms. The molecule has 2 aromatic rings. The summed E-state index contributed by atoms with van der Waals surface area (Å²) in [7, 11) is 0. The number of aryl methyl sites for hydroxylation is 6. The highest BCUT2D eigenvalue weighted by atomic mass is 14.3. The maximum absolute atomic E-state index is 2.40. The van der Waals surface area contributed by atoms with Crippen LogP contribution in [-0.2, 0) is 25.7 Å². The summed E-state index contributed by atoms with van der Waals surface area (Å²) in [6.07, 6.45) is 4.89. The van der Waals surface area contributed by atoms with E-state index < -0.39 is 0 Å². The predicted molar refractivity (Wildman–Crippen MR) is 122 cm³/mol. The van der Waals surface area contributed by atoms with Crippen LogP contribution >= 0.6 is 0 Å². The Balaban J connectivity index is 0.000000698. The van der Waals surface area contributed by atoms with E-state index in [4.69, 9.17) is 0 Å². The van der Waals surface area contributed by atoms with E-state index in [1.807, 2.05) is 55.4 Å². The fourth-order valence-electron chi connectivity index (χ4n) is 3.85. The molecule has 0 saturated carbocycles. The third-order valence-electron chi connectivity index (χ3n) is 4.47. The molecule has 0 nitrogen and oxygen atoms in total. The van der Waals surface area contributed by atoms with Crippen molar-refractivity contribution in [3.8, 4) is 11.1 Å². The lowest BCUT2D eigenvalue weighted by Crippen LogP contribution is -2.14. The molecule has 0 heterocycles. The summed E-state index contributed by atoms with van der Waals surface area (Å²) >= 11 is 0. The summed E-state index contributed by atoms with van der Waals surface area (Å²) in [6.45, 7) is 20.5. The first-order valence-electron chi connectivity index (χ1n) is 11.0. The van der Waals surface area contributed by atoms with E-state index in [2.05, 4.69) is 38.1 Å². The largest absolute Gasteiger partial charge is 0.0683 e. The van der Waals surface area contributed by atoms with E-state index in [1.165, 1.54) is 36.8 Å². The molecule has 0 saturated heterocycles. The lowest BCUT2D eigenvalue weighted by atomic mass is 9.74. The van der Waals surface area contributed by atoms with Crippen LogP contribution in [0.4, 0.5) is 0 Å². The molecule has 0 heteroatoms. The molecule has 0 radical (unpaired) electrons. The second kappa shape index (κ2) is 12.7. The van der Waals surface area contributed by atoms with Gasteiger partial charge in [-0.25, -0.2) is 0 Å². The summed E-state index contributed by atoms with van der Waals surface area (Å²) in [5.41, 5.74) is 12.4. The average Bonchev–Trinajstić information content (AvgIpc) is 2.71. The first-order valence-corrected chi connectivity index (χ1v) is 11.0. The molecule has 0 aliphatic heterocycles. The fourth-order valence-corrected chi connectivity index (χ4v) is 3.85. The van der Waals surface area contributed by atoms with Crippen molar-refractivity contribution in [3.05, 3.63) is 57.6 Å². The minimum atomic E-state index is 1.22. The molecule has 0 aromatic heterocycles. The third kappa shape index (κ3) is 5.22. The number of rotatable bonds is 0. The first-order chi connectivity index (χ1) is 12.7. The Kier molecular flexibility index (Phi) is 12.0. The zero-order chi connectivity index (χ0) is 20.3. The van der Waals surface area contributed by atoms with Crippen LogP contribution in [-0.4, -0.2) is 0 Å². The molecule has 0 N–H and O–H groups in total. The molecular formula is C26H42. The molecule has 0 spiro atoms. The molecule has 0 atom stereocenters. The van der Waals surface area contributed by atoms with E-state index in [9.17, 15) is 0 Å². The SMILES string of the molecule is CC.CC.CC.CC.Cc1cc2c3c(c1)CCc1cc(C)cc(c1-3)CC2. The zero-order valence-electron chi connectivity index (χ0n) is 19.1. The number of hydrogen-bond acceptors (Lipinski definition) is 0. The number of benzene rings is 2. The van der Waals surface area contributed by atoms with Gasteiger partial charge < -0.3 is 0 Å². The van der Waals surface area contributed by atoms with Crippen molar-refractivity contribution in [2.24, 2.45) is 0 Å². The molecular weight excluding hydrogens is 312 g/mol. The molecule has 0 bridgehead atoms. The van der Waals surface area contributed by atoms with Gasteiger partial charge in [-0.1, -0.05) is 90.8 Å². The Bertz CT molecular complexity index is 552. The standard InChI is InChI=1S/C18H18.4C2H6/c1-11-7-13-3-5-15-9-12(2)10-16-6-4-14(8-11)17(13)18(15)16;4*1-2/h7-10H,3-6H2,1-2H3;4*1-2H3. The van der Waals surface area contributed by atoms with Crippen molar-refractivity contribution in [3.63, 3.8) is 0 Å². The maximum atomic E-state index is 2.40. The third-order valence-corrected chi connectivity index (χ3v) is 4.47. The van der Waals surface area contributed by atoms with Crippen LogP contribution in [0.5, 0.6) is 0 Å². The zero-order valence-corrected chi connectivity index (χ0v) is 19.1. The second-order valence-corrected chi connectivity index (χ2v) is 5.92. The summed E-state index contributed by atoms with van der Waals surface area (Å²) in [4.78, 5) is 0. The summed E-state index contributed by atoms with van der Waals surface area (Å²) in [5, 5.41) is 0. The van der Waals surface area contributed by atoms with Gasteiger partial charge in [0.1, 0.15) is 0 Å². The van der Waals surface area contributed by atoms with Gasteiger partial charge in [-0.05, 0) is 72.9 Å². The van der Waals surface area contributed by atoms with E-state index in [-0.39, 0.29) is 0 Å². The highest BCUT2D eigenvalue weighted by Crippen LogP contribution is 2.43. The van der Waals surface area contributed by atoms with E-state index >= 15 is 0 Å². The highest BCUT2D eigenvalue weighted by molar-refractivity contribution is 5.81. The minimum Gasteiger partial charge on any atom is -0.0683 e. The molecule has 146 valence electrons. The van der Waals surface area contributed by atoms with Gasteiger partial charge in [-0.3, -0.25) is 0 Å². The molecule has 2 aliphatic rings. The summed E-state index contributed by atoms with van der Waals surface area (Å²) < 4.78 is 0. The van der Waals surface area contributed by atoms with Crippen LogP contribution in [0.25, 0.3) is 11.1 Å². The average molecular weight is 355 g/mol. The van der Waals surface area contributed by atoms with Crippen molar-refractivity contribution in [2.75, 3.05) is 0 Å². The topological polar surface area (TPSA) is 0 Å². The summed E-state index contributed by atoms with van der Waals surface area (Å²) in [6, 6.07) is 9.60. The molecule has 2 aliphatic carbocycles. The van der Waals surface area contributed by atoms with Gasteiger partial charge in [0.05, 0.1) is 0 Å². The maximum Gasteiger partial charge on any atom is -0.0114 e. The van der Waals surface area contributed by atoms with Crippen molar-refractivity contribution in [1.82, 2.24) is 0 Å². The van der Waals surface area contributed by atoms with Gasteiger partial charge in [0.25, 0.3) is 0 Å². The van der Waals surface area contributed by atoms with Gasteiger partial charge in [0.2, 0.25) is 0 Å². The quantitative estimate of drug-likeness (QED) is 0.446. The van der Waals surface area contributed by atoms with Crippen LogP contribution in [0.15, 0.2) is 24.3 Å². The second-order valence-electron chi connectivity index (χ2n) is 5.92. The lowest BCUT2D eigenvalue weighted by Gasteiger charge is -2.30. The molecule has 2 aromatic carbocycles. The normalized spacial score (nSPS) is 11.6. The Morgan fingerprint density at radius 2 is 0.615 bits per heavy atom. The van der Waals surface area contributed by atoms with Gasteiger partial charge >= 0.3 is 0 Å². The van der Waals surface area contributed by atoms with Crippen LogP contribution in [0.1, 0.15) is 88.8 Å². The fraction of sp³-hybridized carbons (Fsp3) is 0.538. The molecule has 0 fully saturated rings. The van der Waals surface area contributed by atoms with Crippen molar-refractivity contribution < 1.29 is 0 Å². The van der Waals surface area contributed by atoms with Crippen molar-refractivity contribution in [2.45, 2.75) is 94.9 Å². The monoisotopic (exact) mass is 354 g/mol. The first kappa shape index (κ1) is 24.4. The number of hydrogen-bond donors (Lipinski definition) is 0. The molecule has 4 rings (SSSR count). The highest BCUT2D eigenvalue weighted by Gasteiger charge is 2.25.